The van der Waals surface area contributed by atoms with Crippen LogP contribution in [0.3, 0.4) is 0 Å². The van der Waals surface area contributed by atoms with Crippen LogP contribution in [0.2, 0.25) is 0 Å². The fraction of sp³-hybridized carbons (Fsp3) is 0.440. The molecular weight excluding hydrogens is 422 g/mol. The lowest BCUT2D eigenvalue weighted by Crippen LogP contribution is -2.43. The summed E-state index contributed by atoms with van der Waals surface area (Å²) in [5.41, 5.74) is 1.63. The van der Waals surface area contributed by atoms with Crippen LogP contribution in [0.1, 0.15) is 24.0 Å². The molecule has 0 aromatic heterocycles. The molecule has 3 rings (SSSR count). The fourth-order valence-electron chi connectivity index (χ4n) is 3.71. The second-order valence-corrected chi connectivity index (χ2v) is 8.07. The Bertz CT molecular complexity index is 841. The van der Waals surface area contributed by atoms with Gasteiger partial charge >= 0.3 is 5.97 Å². The normalized spacial score (nSPS) is 15.0. The smallest absolute Gasteiger partial charge is 0.329 e. The first-order chi connectivity index (χ1) is 16.2. The third-order valence-corrected chi connectivity index (χ3v) is 5.62. The van der Waals surface area contributed by atoms with Gasteiger partial charge in [0.05, 0.1) is 6.61 Å². The topological polar surface area (TPSA) is 91.3 Å². The SMILES string of the molecule is O=CN(OCc1ccccc1)C(Cc1ccc(OCCCCN2CCNCC2)cc1)C(=O)O. The lowest BCUT2D eigenvalue weighted by Gasteiger charge is -2.27. The highest BCUT2D eigenvalue weighted by Crippen LogP contribution is 2.16. The summed E-state index contributed by atoms with van der Waals surface area (Å²) in [6.45, 7) is 6.21. The van der Waals surface area contributed by atoms with E-state index in [0.29, 0.717) is 13.0 Å². The highest BCUT2D eigenvalue weighted by Gasteiger charge is 2.26. The summed E-state index contributed by atoms with van der Waals surface area (Å²) in [7, 11) is 0. The summed E-state index contributed by atoms with van der Waals surface area (Å²) in [4.78, 5) is 31.2. The van der Waals surface area contributed by atoms with E-state index in [2.05, 4.69) is 10.2 Å². The van der Waals surface area contributed by atoms with Gasteiger partial charge in [0.2, 0.25) is 6.41 Å². The van der Waals surface area contributed by atoms with Gasteiger partial charge in [0.25, 0.3) is 0 Å². The molecule has 0 radical (unpaired) electrons. The van der Waals surface area contributed by atoms with Crippen LogP contribution in [-0.4, -0.2) is 72.8 Å². The van der Waals surface area contributed by atoms with Crippen molar-refractivity contribution in [2.75, 3.05) is 39.3 Å². The number of unbranched alkanes of at least 4 members (excludes halogenated alkanes) is 1. The Labute approximate surface area is 195 Å². The van der Waals surface area contributed by atoms with Crippen molar-refractivity contribution in [1.82, 2.24) is 15.3 Å². The largest absolute Gasteiger partial charge is 0.494 e. The van der Waals surface area contributed by atoms with Crippen molar-refractivity contribution in [2.45, 2.75) is 31.9 Å². The van der Waals surface area contributed by atoms with Crippen LogP contribution in [0.25, 0.3) is 0 Å². The van der Waals surface area contributed by atoms with Crippen LogP contribution in [0.15, 0.2) is 54.6 Å². The van der Waals surface area contributed by atoms with Crippen molar-refractivity contribution in [3.63, 3.8) is 0 Å². The van der Waals surface area contributed by atoms with Crippen molar-refractivity contribution < 1.29 is 24.3 Å². The highest BCUT2D eigenvalue weighted by atomic mass is 16.7. The molecule has 1 unspecified atom stereocenters. The number of carbonyl (C=O) groups is 2. The summed E-state index contributed by atoms with van der Waals surface area (Å²) >= 11 is 0. The van der Waals surface area contributed by atoms with Gasteiger partial charge in [-0.05, 0) is 42.6 Å². The second-order valence-electron chi connectivity index (χ2n) is 8.07. The lowest BCUT2D eigenvalue weighted by atomic mass is 10.1. The van der Waals surface area contributed by atoms with Gasteiger partial charge in [0.1, 0.15) is 12.4 Å². The minimum absolute atomic E-state index is 0.116. The maximum Gasteiger partial charge on any atom is 0.329 e. The molecule has 178 valence electrons. The maximum absolute atomic E-state index is 11.8. The monoisotopic (exact) mass is 455 g/mol. The lowest BCUT2D eigenvalue weighted by molar-refractivity contribution is -0.200. The maximum atomic E-state index is 11.8. The second kappa shape index (κ2) is 13.6. The molecule has 1 atom stereocenters. The molecule has 2 aromatic rings. The minimum atomic E-state index is -1.13. The number of hydroxylamine groups is 2. The van der Waals surface area contributed by atoms with Gasteiger partial charge in [-0.15, -0.1) is 0 Å². The van der Waals surface area contributed by atoms with Crippen LogP contribution >= 0.6 is 0 Å². The number of carboxylic acid groups (broad SMARTS) is 1. The number of piperazine rings is 1. The van der Waals surface area contributed by atoms with Gasteiger partial charge in [0.15, 0.2) is 6.04 Å². The Morgan fingerprint density at radius 1 is 1.06 bits per heavy atom. The average molecular weight is 456 g/mol. The van der Waals surface area contributed by atoms with Crippen LogP contribution in [0.4, 0.5) is 0 Å². The van der Waals surface area contributed by atoms with Crippen molar-refractivity contribution >= 4 is 12.4 Å². The van der Waals surface area contributed by atoms with Gasteiger partial charge in [-0.3, -0.25) is 9.63 Å². The third kappa shape index (κ3) is 8.49. The van der Waals surface area contributed by atoms with E-state index < -0.39 is 12.0 Å². The molecule has 1 heterocycles. The Hall–Kier alpha value is -2.94. The van der Waals surface area contributed by atoms with E-state index in [9.17, 15) is 14.7 Å². The summed E-state index contributed by atoms with van der Waals surface area (Å²) in [5, 5.41) is 13.9. The zero-order chi connectivity index (χ0) is 23.3. The minimum Gasteiger partial charge on any atom is -0.494 e. The predicted octanol–water partition coefficient (Wildman–Crippen LogP) is 2.34. The van der Waals surface area contributed by atoms with Crippen molar-refractivity contribution in [3.05, 3.63) is 65.7 Å². The summed E-state index contributed by atoms with van der Waals surface area (Å²) < 4.78 is 5.82. The van der Waals surface area contributed by atoms with Crippen molar-refractivity contribution in [3.8, 4) is 5.75 Å². The molecule has 0 spiro atoms. The van der Waals surface area contributed by atoms with Gasteiger partial charge < -0.3 is 20.1 Å². The fourth-order valence-corrected chi connectivity index (χ4v) is 3.71. The molecular formula is C25H33N3O5. The Morgan fingerprint density at radius 2 is 1.79 bits per heavy atom. The quantitative estimate of drug-likeness (QED) is 0.257. The van der Waals surface area contributed by atoms with Gasteiger partial charge in [-0.1, -0.05) is 42.5 Å². The predicted molar refractivity (Wildman–Crippen MR) is 125 cm³/mol. The number of amides is 1. The highest BCUT2D eigenvalue weighted by molar-refractivity contribution is 5.76. The van der Waals surface area contributed by atoms with Crippen LogP contribution in [0.5, 0.6) is 5.75 Å². The van der Waals surface area contributed by atoms with E-state index in [1.165, 1.54) is 0 Å². The number of benzene rings is 2. The van der Waals surface area contributed by atoms with Crippen LogP contribution < -0.4 is 10.1 Å². The number of ether oxygens (including phenoxy) is 1. The molecule has 1 aliphatic rings. The molecule has 8 nitrogen and oxygen atoms in total. The molecule has 8 heteroatoms. The van der Waals surface area contributed by atoms with Gasteiger partial charge in [-0.2, -0.15) is 0 Å². The molecule has 2 N–H and O–H groups in total. The van der Waals surface area contributed by atoms with Gasteiger partial charge in [0, 0.05) is 32.6 Å². The first-order valence-electron chi connectivity index (χ1n) is 11.4. The molecule has 0 saturated carbocycles. The number of aliphatic carboxylic acids is 1. The molecule has 2 aromatic carbocycles. The Kier molecular flexibility index (Phi) is 10.2. The number of hydrogen-bond donors (Lipinski definition) is 2. The molecule has 1 amide bonds. The van der Waals surface area contributed by atoms with E-state index >= 15 is 0 Å². The summed E-state index contributed by atoms with van der Waals surface area (Å²) in [5.74, 6) is -0.375. The van der Waals surface area contributed by atoms with Crippen molar-refractivity contribution in [1.29, 1.82) is 0 Å². The molecule has 1 saturated heterocycles. The van der Waals surface area contributed by atoms with Gasteiger partial charge in [-0.25, -0.2) is 9.86 Å². The zero-order valence-electron chi connectivity index (χ0n) is 18.9. The van der Waals surface area contributed by atoms with E-state index in [1.54, 1.807) is 0 Å². The first-order valence-corrected chi connectivity index (χ1v) is 11.4. The Balaban J connectivity index is 1.43. The molecule has 33 heavy (non-hydrogen) atoms. The number of hydrogen-bond acceptors (Lipinski definition) is 6. The molecule has 0 bridgehead atoms. The number of carbonyl (C=O) groups excluding carboxylic acids is 1. The first kappa shape index (κ1) is 24.7. The van der Waals surface area contributed by atoms with E-state index in [0.717, 1.165) is 67.5 Å². The number of nitrogens with one attached hydrogen (secondary N) is 1. The van der Waals surface area contributed by atoms with E-state index in [-0.39, 0.29) is 13.0 Å². The summed E-state index contributed by atoms with van der Waals surface area (Å²) in [6.07, 6.45) is 2.64. The molecule has 1 aliphatic heterocycles. The average Bonchev–Trinajstić information content (AvgIpc) is 2.85. The standard InChI is InChI=1S/C25H33N3O5/c29-20-28(33-19-22-6-2-1-3-7-22)24(25(30)31)18-21-8-10-23(11-9-21)32-17-5-4-14-27-15-12-26-13-16-27/h1-3,6-11,20,24,26H,4-5,12-19H2,(H,30,31). The summed E-state index contributed by atoms with van der Waals surface area (Å²) in [6, 6.07) is 15.5. The zero-order valence-corrected chi connectivity index (χ0v) is 18.9. The number of nitrogens with zero attached hydrogens (tertiary/aromatic N) is 2. The van der Waals surface area contributed by atoms with Crippen LogP contribution in [0, 0.1) is 0 Å². The number of carboxylic acids is 1. The number of rotatable bonds is 14. The van der Waals surface area contributed by atoms with E-state index in [1.807, 2.05) is 54.6 Å². The third-order valence-electron chi connectivity index (χ3n) is 5.62. The van der Waals surface area contributed by atoms with E-state index in [4.69, 9.17) is 9.57 Å². The van der Waals surface area contributed by atoms with Crippen LogP contribution in [-0.2, 0) is 27.5 Å². The van der Waals surface area contributed by atoms with Crippen molar-refractivity contribution in [2.24, 2.45) is 0 Å². The molecule has 1 fully saturated rings. The molecule has 0 aliphatic carbocycles. The Morgan fingerprint density at radius 3 is 2.45 bits per heavy atom.